The molecular weight excluding hydrogens is 382 g/mol. The van der Waals surface area contributed by atoms with Crippen molar-refractivity contribution in [1.29, 1.82) is 0 Å². The summed E-state index contributed by atoms with van der Waals surface area (Å²) in [7, 11) is -3.67. The first-order valence-electron chi connectivity index (χ1n) is 9.36. The van der Waals surface area contributed by atoms with Gasteiger partial charge < -0.3 is 15.4 Å². The van der Waals surface area contributed by atoms with Gasteiger partial charge in [-0.2, -0.15) is 4.31 Å². The molecule has 2 fully saturated rings. The Morgan fingerprint density at radius 3 is 2.68 bits per heavy atom. The lowest BCUT2D eigenvalue weighted by Gasteiger charge is -2.27. The van der Waals surface area contributed by atoms with Crippen LogP contribution in [0.1, 0.15) is 37.7 Å². The van der Waals surface area contributed by atoms with Crippen molar-refractivity contribution in [3.63, 3.8) is 0 Å². The molecule has 1 saturated carbocycles. The minimum Gasteiger partial charge on any atom is -0.483 e. The number of carbonyl (C=O) groups is 1. The molecule has 2 aromatic rings. The second kappa shape index (κ2) is 8.42. The summed E-state index contributed by atoms with van der Waals surface area (Å²) in [6.07, 6.45) is 4.57. The summed E-state index contributed by atoms with van der Waals surface area (Å²) in [6.45, 7) is 3.63. The minimum absolute atomic E-state index is 0.117. The van der Waals surface area contributed by atoms with Crippen LogP contribution >= 0.6 is 0 Å². The number of aromatic nitrogens is 1. The fourth-order valence-electron chi connectivity index (χ4n) is 3.72. The van der Waals surface area contributed by atoms with Crippen LogP contribution in [0.3, 0.4) is 0 Å². The van der Waals surface area contributed by atoms with Gasteiger partial charge in [0.2, 0.25) is 10.0 Å². The van der Waals surface area contributed by atoms with Crippen molar-refractivity contribution in [2.24, 2.45) is 0 Å². The van der Waals surface area contributed by atoms with Crippen LogP contribution in [0.15, 0.2) is 34.1 Å². The van der Waals surface area contributed by atoms with Crippen LogP contribution in [0, 0.1) is 0 Å². The summed E-state index contributed by atoms with van der Waals surface area (Å²) in [5.41, 5.74) is 0.719. The monoisotopic (exact) mass is 407 g/mol. The van der Waals surface area contributed by atoms with Gasteiger partial charge in [0.25, 0.3) is 12.0 Å². The number of pyridine rings is 1. The Kier molecular flexibility index (Phi) is 6.17. The van der Waals surface area contributed by atoms with Gasteiger partial charge in [0.1, 0.15) is 0 Å². The standard InChI is InChI=1S/C18H23N3O3S.CH2O2/c1-12-10-19-8-3-9-21(12)25(23,24)16-5-2-4-14-17(16)15(13-6-7-13)11-20-18(14)22;2-1-3/h2,4-5,11-13,19H,3,6-10H2,1H3,(H,20,22);1H,(H,2,3). The van der Waals surface area contributed by atoms with Gasteiger partial charge in [-0.15, -0.1) is 0 Å². The number of hydrogen-bond donors (Lipinski definition) is 3. The number of nitrogens with zero attached hydrogens (tertiary/aromatic N) is 1. The van der Waals surface area contributed by atoms with E-state index in [9.17, 15) is 13.2 Å². The van der Waals surface area contributed by atoms with E-state index in [1.165, 1.54) is 0 Å². The number of aromatic amines is 1. The summed E-state index contributed by atoms with van der Waals surface area (Å²) < 4.78 is 28.5. The molecule has 152 valence electrons. The summed E-state index contributed by atoms with van der Waals surface area (Å²) >= 11 is 0. The van der Waals surface area contributed by atoms with Crippen LogP contribution in [-0.2, 0) is 14.8 Å². The van der Waals surface area contributed by atoms with Gasteiger partial charge in [-0.3, -0.25) is 9.59 Å². The molecule has 1 aromatic carbocycles. The van der Waals surface area contributed by atoms with E-state index in [1.807, 2.05) is 6.92 Å². The molecule has 0 amide bonds. The van der Waals surface area contributed by atoms with Gasteiger partial charge in [0.05, 0.1) is 4.90 Å². The summed E-state index contributed by atoms with van der Waals surface area (Å²) in [5.74, 6) is 0.346. The van der Waals surface area contributed by atoms with E-state index in [2.05, 4.69) is 10.3 Å². The average molecular weight is 407 g/mol. The van der Waals surface area contributed by atoms with Crippen molar-refractivity contribution >= 4 is 27.3 Å². The molecule has 3 N–H and O–H groups in total. The molecule has 0 bridgehead atoms. The van der Waals surface area contributed by atoms with E-state index in [-0.39, 0.29) is 23.0 Å². The van der Waals surface area contributed by atoms with E-state index in [0.29, 0.717) is 29.8 Å². The Balaban J connectivity index is 0.000000706. The lowest BCUT2D eigenvalue weighted by Crippen LogP contribution is -2.41. The van der Waals surface area contributed by atoms with E-state index in [1.54, 1.807) is 28.7 Å². The fourth-order valence-corrected chi connectivity index (χ4v) is 5.63. The molecule has 0 radical (unpaired) electrons. The molecule has 2 aliphatic rings. The summed E-state index contributed by atoms with van der Waals surface area (Å²) in [5, 5.41) is 11.2. The van der Waals surface area contributed by atoms with Crippen molar-refractivity contribution in [3.8, 4) is 0 Å². The van der Waals surface area contributed by atoms with Crippen LogP contribution < -0.4 is 10.9 Å². The Morgan fingerprint density at radius 2 is 2.00 bits per heavy atom. The van der Waals surface area contributed by atoms with Gasteiger partial charge in [-0.05, 0) is 56.3 Å². The zero-order valence-electron chi connectivity index (χ0n) is 15.7. The van der Waals surface area contributed by atoms with Crippen LogP contribution in [0.4, 0.5) is 0 Å². The normalized spacial score (nSPS) is 20.8. The third-order valence-electron chi connectivity index (χ3n) is 5.19. The lowest BCUT2D eigenvalue weighted by atomic mass is 10.0. The summed E-state index contributed by atoms with van der Waals surface area (Å²) in [4.78, 5) is 23.7. The van der Waals surface area contributed by atoms with Crippen LogP contribution in [0.5, 0.6) is 0 Å². The van der Waals surface area contributed by atoms with E-state index >= 15 is 0 Å². The Morgan fingerprint density at radius 1 is 1.29 bits per heavy atom. The second-order valence-corrected chi connectivity index (χ2v) is 9.01. The molecule has 0 spiro atoms. The average Bonchev–Trinajstić information content (AvgIpc) is 3.50. The largest absolute Gasteiger partial charge is 0.483 e. The van der Waals surface area contributed by atoms with Crippen LogP contribution in [0.25, 0.3) is 10.8 Å². The highest BCUT2D eigenvalue weighted by molar-refractivity contribution is 7.89. The smallest absolute Gasteiger partial charge is 0.290 e. The molecule has 1 atom stereocenters. The molecule has 1 aliphatic carbocycles. The highest BCUT2D eigenvalue weighted by Crippen LogP contribution is 2.44. The molecule has 1 unspecified atom stereocenters. The third-order valence-corrected chi connectivity index (χ3v) is 7.24. The SMILES string of the molecule is CC1CNCCCN1S(=O)(=O)c1cccc2c(=O)[nH]cc(C3CC3)c12.O=CO. The molecular formula is C19H25N3O5S. The fraction of sp³-hybridized carbons (Fsp3) is 0.474. The van der Waals surface area contributed by atoms with Crippen molar-refractivity contribution in [3.05, 3.63) is 40.3 Å². The molecule has 9 heteroatoms. The number of H-pyrrole nitrogens is 1. The first-order valence-corrected chi connectivity index (χ1v) is 10.8. The van der Waals surface area contributed by atoms with E-state index in [0.717, 1.165) is 31.4 Å². The first kappa shape index (κ1) is 20.5. The third kappa shape index (κ3) is 3.96. The maximum Gasteiger partial charge on any atom is 0.290 e. The topological polar surface area (TPSA) is 120 Å². The van der Waals surface area contributed by atoms with Gasteiger partial charge in [0.15, 0.2) is 0 Å². The highest BCUT2D eigenvalue weighted by atomic mass is 32.2. The number of fused-ring (bicyclic) bond motifs is 1. The molecule has 28 heavy (non-hydrogen) atoms. The maximum absolute atomic E-state index is 13.5. The molecule has 1 aromatic heterocycles. The zero-order chi connectivity index (χ0) is 20.3. The predicted octanol–water partition coefficient (Wildman–Crippen LogP) is 1.48. The highest BCUT2D eigenvalue weighted by Gasteiger charge is 2.34. The number of benzene rings is 1. The zero-order valence-corrected chi connectivity index (χ0v) is 16.5. The van der Waals surface area contributed by atoms with Gasteiger partial charge in [0, 0.05) is 36.1 Å². The number of sulfonamides is 1. The molecule has 4 rings (SSSR count). The van der Waals surface area contributed by atoms with Gasteiger partial charge in [-0.25, -0.2) is 8.42 Å². The van der Waals surface area contributed by atoms with Crippen LogP contribution in [0.2, 0.25) is 0 Å². The van der Waals surface area contributed by atoms with Crippen molar-refractivity contribution < 1.29 is 18.3 Å². The van der Waals surface area contributed by atoms with Gasteiger partial charge >= 0.3 is 0 Å². The number of hydrogen-bond acceptors (Lipinski definition) is 5. The number of carboxylic acid groups (broad SMARTS) is 1. The van der Waals surface area contributed by atoms with E-state index in [4.69, 9.17) is 9.90 Å². The Hall–Kier alpha value is -2.23. The maximum atomic E-state index is 13.5. The predicted molar refractivity (Wildman–Crippen MR) is 106 cm³/mol. The molecule has 1 aliphatic heterocycles. The van der Waals surface area contributed by atoms with Crippen molar-refractivity contribution in [2.75, 3.05) is 19.6 Å². The van der Waals surface area contributed by atoms with Gasteiger partial charge in [-0.1, -0.05) is 6.07 Å². The lowest BCUT2D eigenvalue weighted by molar-refractivity contribution is -0.122. The Labute approximate surface area is 163 Å². The molecule has 8 nitrogen and oxygen atoms in total. The second-order valence-electron chi connectivity index (χ2n) is 7.15. The molecule has 2 heterocycles. The van der Waals surface area contributed by atoms with E-state index < -0.39 is 10.0 Å². The number of nitrogens with one attached hydrogen (secondary N) is 2. The quantitative estimate of drug-likeness (QED) is 0.663. The Bertz CT molecular complexity index is 1010. The first-order chi connectivity index (χ1) is 13.4. The molecule has 1 saturated heterocycles. The number of rotatable bonds is 3. The van der Waals surface area contributed by atoms with Crippen molar-refractivity contribution in [2.45, 2.75) is 43.0 Å². The summed E-state index contributed by atoms with van der Waals surface area (Å²) in [6, 6.07) is 4.91. The minimum atomic E-state index is -3.67. The van der Waals surface area contributed by atoms with Crippen molar-refractivity contribution in [1.82, 2.24) is 14.6 Å². The van der Waals surface area contributed by atoms with Crippen LogP contribution in [-0.4, -0.2) is 55.0 Å².